The summed E-state index contributed by atoms with van der Waals surface area (Å²) in [4.78, 5) is 0. The second-order valence-electron chi connectivity index (χ2n) is 9.99. The third-order valence-corrected chi connectivity index (χ3v) is 8.73. The standard InChI is InChI=1S/C21H34O4/c1-10(2)13-5-11(3)17-14(7-13)16-8-20(16,9-22)19(24)21(25)15(17)6-12(4)18(21)23/h11-19,22-25H,1,5-9H2,2-4H3/t11-,12+,13-,14?,15?,16+,17?,18+,19-,20-,21-/m1/s1. The highest BCUT2D eigenvalue weighted by Crippen LogP contribution is 2.71. The lowest BCUT2D eigenvalue weighted by Gasteiger charge is -2.47. The molecule has 0 saturated heterocycles. The van der Waals surface area contributed by atoms with E-state index in [4.69, 9.17) is 0 Å². The Hall–Kier alpha value is -0.420. The maximum Gasteiger partial charge on any atom is 0.120 e. The van der Waals surface area contributed by atoms with E-state index in [9.17, 15) is 20.4 Å². The summed E-state index contributed by atoms with van der Waals surface area (Å²) in [5.74, 6) is 1.74. The average molecular weight is 350 g/mol. The molecule has 11 atom stereocenters. The molecule has 3 unspecified atom stereocenters. The van der Waals surface area contributed by atoms with Crippen molar-refractivity contribution in [3.05, 3.63) is 12.2 Å². The van der Waals surface area contributed by atoms with Crippen molar-refractivity contribution in [1.82, 2.24) is 0 Å². The molecule has 0 radical (unpaired) electrons. The molecule has 0 aliphatic heterocycles. The van der Waals surface area contributed by atoms with Crippen molar-refractivity contribution in [2.24, 2.45) is 46.8 Å². The number of aliphatic hydroxyl groups is 4. The van der Waals surface area contributed by atoms with Crippen LogP contribution in [0.15, 0.2) is 12.2 Å². The van der Waals surface area contributed by atoms with Crippen LogP contribution in [0.1, 0.15) is 46.5 Å². The molecule has 0 aromatic heterocycles. The lowest BCUT2D eigenvalue weighted by Crippen LogP contribution is -2.59. The van der Waals surface area contributed by atoms with E-state index in [0.717, 1.165) is 25.7 Å². The molecular weight excluding hydrogens is 316 g/mol. The summed E-state index contributed by atoms with van der Waals surface area (Å²) in [6.45, 7) is 10.4. The van der Waals surface area contributed by atoms with Crippen molar-refractivity contribution in [2.45, 2.75) is 64.3 Å². The van der Waals surface area contributed by atoms with Crippen molar-refractivity contribution >= 4 is 0 Å². The van der Waals surface area contributed by atoms with Crippen LogP contribution in [0.25, 0.3) is 0 Å². The van der Waals surface area contributed by atoms with Crippen molar-refractivity contribution in [2.75, 3.05) is 6.61 Å². The SMILES string of the molecule is C=C(C)[C@H]1CC2C(C3C[C@H](C)[C@H](O)[C@@]3(O)[C@H](O)[C@@]3(CO)C[C@@H]23)[C@H](C)C1. The lowest BCUT2D eigenvalue weighted by atomic mass is 9.59. The summed E-state index contributed by atoms with van der Waals surface area (Å²) in [6.07, 6.45) is 1.68. The monoisotopic (exact) mass is 350 g/mol. The van der Waals surface area contributed by atoms with Gasteiger partial charge < -0.3 is 20.4 Å². The summed E-state index contributed by atoms with van der Waals surface area (Å²) < 4.78 is 0. The normalized spacial score (nSPS) is 60.2. The second kappa shape index (κ2) is 5.54. The van der Waals surface area contributed by atoms with E-state index < -0.39 is 23.2 Å². The first kappa shape index (κ1) is 18.0. The Balaban J connectivity index is 1.80. The number of aliphatic hydroxyl groups excluding tert-OH is 3. The zero-order valence-electron chi connectivity index (χ0n) is 15.7. The molecule has 4 nitrogen and oxygen atoms in total. The average Bonchev–Trinajstić information content (AvgIpc) is 3.28. The van der Waals surface area contributed by atoms with Crippen LogP contribution in [0.3, 0.4) is 0 Å². The van der Waals surface area contributed by atoms with E-state index in [1.807, 2.05) is 6.92 Å². The Morgan fingerprint density at radius 3 is 2.36 bits per heavy atom. The molecule has 4 N–H and O–H groups in total. The van der Waals surface area contributed by atoms with Crippen LogP contribution >= 0.6 is 0 Å². The molecule has 4 fully saturated rings. The largest absolute Gasteiger partial charge is 0.396 e. The van der Waals surface area contributed by atoms with Crippen molar-refractivity contribution < 1.29 is 20.4 Å². The van der Waals surface area contributed by atoms with Gasteiger partial charge in [-0.25, -0.2) is 0 Å². The number of hydrogen-bond donors (Lipinski definition) is 4. The molecule has 25 heavy (non-hydrogen) atoms. The van der Waals surface area contributed by atoms with Gasteiger partial charge in [0.2, 0.25) is 0 Å². The minimum atomic E-state index is -1.49. The van der Waals surface area contributed by atoms with Gasteiger partial charge in [0.05, 0.1) is 18.8 Å². The van der Waals surface area contributed by atoms with Crippen molar-refractivity contribution in [3.8, 4) is 0 Å². The molecule has 4 aliphatic rings. The second-order valence-corrected chi connectivity index (χ2v) is 9.99. The van der Waals surface area contributed by atoms with Gasteiger partial charge in [-0.1, -0.05) is 26.0 Å². The van der Waals surface area contributed by atoms with E-state index in [-0.39, 0.29) is 24.4 Å². The fourth-order valence-corrected chi connectivity index (χ4v) is 7.33. The highest BCUT2D eigenvalue weighted by atomic mass is 16.4. The molecule has 0 amide bonds. The maximum atomic E-state index is 11.6. The zero-order valence-corrected chi connectivity index (χ0v) is 15.7. The van der Waals surface area contributed by atoms with Crippen LogP contribution in [-0.2, 0) is 0 Å². The van der Waals surface area contributed by atoms with Gasteiger partial charge >= 0.3 is 0 Å². The first-order valence-electron chi connectivity index (χ1n) is 10.0. The molecule has 4 heteroatoms. The molecule has 142 valence electrons. The van der Waals surface area contributed by atoms with Gasteiger partial charge in [0, 0.05) is 5.41 Å². The lowest BCUT2D eigenvalue weighted by molar-refractivity contribution is -0.191. The fraction of sp³-hybridized carbons (Fsp3) is 0.905. The van der Waals surface area contributed by atoms with Gasteiger partial charge in [-0.2, -0.15) is 0 Å². The fourth-order valence-electron chi connectivity index (χ4n) is 7.33. The summed E-state index contributed by atoms with van der Waals surface area (Å²) >= 11 is 0. The molecule has 0 spiro atoms. The Morgan fingerprint density at radius 2 is 1.76 bits per heavy atom. The number of fused-ring (bicyclic) bond motifs is 5. The topological polar surface area (TPSA) is 80.9 Å². The van der Waals surface area contributed by atoms with Crippen LogP contribution in [0.4, 0.5) is 0 Å². The first-order chi connectivity index (χ1) is 11.7. The Morgan fingerprint density at radius 1 is 1.08 bits per heavy atom. The van der Waals surface area contributed by atoms with E-state index in [1.54, 1.807) is 0 Å². The van der Waals surface area contributed by atoms with E-state index in [1.165, 1.54) is 5.57 Å². The molecule has 0 heterocycles. The first-order valence-corrected chi connectivity index (χ1v) is 10.0. The predicted molar refractivity (Wildman–Crippen MR) is 95.5 cm³/mol. The van der Waals surface area contributed by atoms with Crippen LogP contribution in [-0.4, -0.2) is 44.8 Å². The predicted octanol–water partition coefficient (Wildman–Crippen LogP) is 1.96. The van der Waals surface area contributed by atoms with Crippen LogP contribution in [0, 0.1) is 46.8 Å². The van der Waals surface area contributed by atoms with E-state index in [2.05, 4.69) is 20.4 Å². The molecule has 0 aromatic carbocycles. The smallest absolute Gasteiger partial charge is 0.120 e. The summed E-state index contributed by atoms with van der Waals surface area (Å²) in [5.41, 5.74) is -0.894. The summed E-state index contributed by atoms with van der Waals surface area (Å²) in [7, 11) is 0. The van der Waals surface area contributed by atoms with Crippen LogP contribution < -0.4 is 0 Å². The van der Waals surface area contributed by atoms with Gasteiger partial charge in [0.25, 0.3) is 0 Å². The summed E-state index contributed by atoms with van der Waals surface area (Å²) in [5, 5.41) is 43.7. The Bertz CT molecular complexity index is 576. The van der Waals surface area contributed by atoms with Crippen molar-refractivity contribution in [1.29, 1.82) is 0 Å². The molecule has 0 aromatic rings. The molecule has 4 saturated carbocycles. The van der Waals surface area contributed by atoms with Crippen LogP contribution in [0.5, 0.6) is 0 Å². The molecular formula is C21H34O4. The van der Waals surface area contributed by atoms with Gasteiger partial charge in [-0.15, -0.1) is 0 Å². The highest BCUT2D eigenvalue weighted by Gasteiger charge is 2.75. The summed E-state index contributed by atoms with van der Waals surface area (Å²) in [6, 6.07) is 0. The third-order valence-electron chi connectivity index (χ3n) is 8.73. The van der Waals surface area contributed by atoms with Gasteiger partial charge in [0.15, 0.2) is 0 Å². The Labute approximate surface area is 151 Å². The highest BCUT2D eigenvalue weighted by molar-refractivity contribution is 5.24. The molecule has 4 rings (SSSR count). The van der Waals surface area contributed by atoms with E-state index in [0.29, 0.717) is 23.7 Å². The zero-order chi connectivity index (χ0) is 18.3. The molecule has 4 aliphatic carbocycles. The van der Waals surface area contributed by atoms with Gasteiger partial charge in [-0.05, 0) is 74.0 Å². The van der Waals surface area contributed by atoms with Crippen LogP contribution in [0.2, 0.25) is 0 Å². The van der Waals surface area contributed by atoms with E-state index >= 15 is 0 Å². The Kier molecular flexibility index (Phi) is 3.98. The third kappa shape index (κ3) is 2.14. The minimum absolute atomic E-state index is 0.0255. The number of hydrogen-bond acceptors (Lipinski definition) is 4. The van der Waals surface area contributed by atoms with Gasteiger partial charge in [-0.3, -0.25) is 0 Å². The maximum absolute atomic E-state index is 11.6. The van der Waals surface area contributed by atoms with Crippen molar-refractivity contribution in [3.63, 3.8) is 0 Å². The number of allylic oxidation sites excluding steroid dienone is 1. The number of rotatable bonds is 2. The minimum Gasteiger partial charge on any atom is -0.396 e. The molecule has 0 bridgehead atoms. The quantitative estimate of drug-likeness (QED) is 0.574. The van der Waals surface area contributed by atoms with Gasteiger partial charge in [0.1, 0.15) is 5.60 Å².